The summed E-state index contributed by atoms with van der Waals surface area (Å²) in [6.45, 7) is 2.62. The van der Waals surface area contributed by atoms with Crippen LogP contribution in [-0.2, 0) is 16.5 Å². The Labute approximate surface area is 125 Å². The van der Waals surface area contributed by atoms with Gasteiger partial charge in [0.15, 0.2) is 0 Å². The van der Waals surface area contributed by atoms with Crippen LogP contribution in [0.25, 0.3) is 0 Å². The van der Waals surface area contributed by atoms with Crippen molar-refractivity contribution < 1.29 is 17.7 Å². The van der Waals surface area contributed by atoms with E-state index in [4.69, 9.17) is 9.29 Å². The van der Waals surface area contributed by atoms with Gasteiger partial charge in [-0.3, -0.25) is 4.55 Å². The molecule has 0 heterocycles. The van der Waals surface area contributed by atoms with Gasteiger partial charge >= 0.3 is 0 Å². The summed E-state index contributed by atoms with van der Waals surface area (Å²) >= 11 is 0. The summed E-state index contributed by atoms with van der Waals surface area (Å²) in [4.78, 5) is -0.0812. The normalized spacial score (nSPS) is 11.3. The van der Waals surface area contributed by atoms with Crippen LogP contribution in [0.2, 0.25) is 0 Å². The van der Waals surface area contributed by atoms with Crippen molar-refractivity contribution in [2.24, 2.45) is 0 Å². The molecular formula is C16H18O4S. The molecule has 0 fully saturated rings. The maximum absolute atomic E-state index is 10.9. The van der Waals surface area contributed by atoms with Gasteiger partial charge in [0.1, 0.15) is 5.75 Å². The predicted octanol–water partition coefficient (Wildman–Crippen LogP) is 3.25. The number of benzene rings is 2. The van der Waals surface area contributed by atoms with Crippen LogP contribution in [0.1, 0.15) is 17.5 Å². The van der Waals surface area contributed by atoms with Crippen molar-refractivity contribution >= 4 is 10.1 Å². The minimum Gasteiger partial charge on any atom is -0.494 e. The summed E-state index contributed by atoms with van der Waals surface area (Å²) in [5.74, 6) is 0.858. The molecule has 0 aliphatic rings. The standard InChI is InChI=1S/C16H18O4S/c1-13-4-2-6-15(12-13)20-11-3-5-14-7-9-16(10-8-14)21(17,18)19/h2,4,6-10,12H,3,5,11H2,1H3,(H,17,18,19). The van der Waals surface area contributed by atoms with Crippen LogP contribution in [0, 0.1) is 6.92 Å². The van der Waals surface area contributed by atoms with E-state index >= 15 is 0 Å². The summed E-state index contributed by atoms with van der Waals surface area (Å²) in [7, 11) is -4.11. The molecule has 0 radical (unpaired) electrons. The van der Waals surface area contributed by atoms with Gasteiger partial charge in [-0.1, -0.05) is 24.3 Å². The first-order chi connectivity index (χ1) is 9.95. The summed E-state index contributed by atoms with van der Waals surface area (Å²) < 4.78 is 36.4. The first-order valence-corrected chi connectivity index (χ1v) is 8.15. The first kappa shape index (κ1) is 15.5. The molecule has 2 rings (SSSR count). The van der Waals surface area contributed by atoms with E-state index in [9.17, 15) is 8.42 Å². The van der Waals surface area contributed by atoms with E-state index in [-0.39, 0.29) is 4.90 Å². The summed E-state index contributed by atoms with van der Waals surface area (Å²) in [6, 6.07) is 14.1. The highest BCUT2D eigenvalue weighted by molar-refractivity contribution is 7.85. The molecule has 0 aliphatic carbocycles. The van der Waals surface area contributed by atoms with E-state index in [1.165, 1.54) is 12.1 Å². The molecule has 1 N–H and O–H groups in total. The highest BCUT2D eigenvalue weighted by Gasteiger charge is 2.08. The smallest absolute Gasteiger partial charge is 0.294 e. The second-order valence-electron chi connectivity index (χ2n) is 4.89. The van der Waals surface area contributed by atoms with Crippen molar-refractivity contribution in [2.45, 2.75) is 24.7 Å². The fourth-order valence-corrected chi connectivity index (χ4v) is 2.48. The van der Waals surface area contributed by atoms with Crippen LogP contribution in [0.15, 0.2) is 53.4 Å². The van der Waals surface area contributed by atoms with Gasteiger partial charge in [-0.15, -0.1) is 0 Å². The average molecular weight is 306 g/mol. The molecule has 0 aromatic heterocycles. The monoisotopic (exact) mass is 306 g/mol. The second-order valence-corrected chi connectivity index (χ2v) is 6.31. The van der Waals surface area contributed by atoms with Crippen LogP contribution in [0.4, 0.5) is 0 Å². The Morgan fingerprint density at radius 2 is 1.81 bits per heavy atom. The SMILES string of the molecule is Cc1cccc(OCCCc2ccc(S(=O)(=O)O)cc2)c1. The highest BCUT2D eigenvalue weighted by atomic mass is 32.2. The number of aryl methyl sites for hydroxylation is 2. The molecule has 5 heteroatoms. The molecule has 0 bridgehead atoms. The zero-order chi connectivity index (χ0) is 15.3. The van der Waals surface area contributed by atoms with Crippen molar-refractivity contribution in [3.8, 4) is 5.75 Å². The van der Waals surface area contributed by atoms with Gasteiger partial charge in [0.25, 0.3) is 10.1 Å². The lowest BCUT2D eigenvalue weighted by atomic mass is 10.1. The summed E-state index contributed by atoms with van der Waals surface area (Å²) in [5, 5.41) is 0. The molecule has 2 aromatic carbocycles. The lowest BCUT2D eigenvalue weighted by Gasteiger charge is -2.07. The molecule has 0 amide bonds. The highest BCUT2D eigenvalue weighted by Crippen LogP contribution is 2.14. The number of hydrogen-bond acceptors (Lipinski definition) is 3. The van der Waals surface area contributed by atoms with Crippen LogP contribution in [-0.4, -0.2) is 19.6 Å². The third-order valence-electron chi connectivity index (χ3n) is 3.09. The van der Waals surface area contributed by atoms with Crippen molar-refractivity contribution in [3.05, 3.63) is 59.7 Å². The third-order valence-corrected chi connectivity index (χ3v) is 3.96. The van der Waals surface area contributed by atoms with E-state index < -0.39 is 10.1 Å². The molecule has 0 unspecified atom stereocenters. The number of ether oxygens (including phenoxy) is 1. The molecule has 0 aliphatic heterocycles. The van der Waals surface area contributed by atoms with Crippen LogP contribution >= 0.6 is 0 Å². The van der Waals surface area contributed by atoms with Crippen molar-refractivity contribution in [1.29, 1.82) is 0 Å². The Balaban J connectivity index is 1.81. The van der Waals surface area contributed by atoms with Gasteiger partial charge in [-0.25, -0.2) is 0 Å². The van der Waals surface area contributed by atoms with E-state index in [0.29, 0.717) is 6.61 Å². The molecule has 0 saturated carbocycles. The molecule has 0 saturated heterocycles. The van der Waals surface area contributed by atoms with Crippen molar-refractivity contribution in [1.82, 2.24) is 0 Å². The van der Waals surface area contributed by atoms with E-state index in [2.05, 4.69) is 0 Å². The zero-order valence-electron chi connectivity index (χ0n) is 11.8. The van der Waals surface area contributed by atoms with E-state index in [0.717, 1.165) is 29.7 Å². The Morgan fingerprint density at radius 3 is 2.43 bits per heavy atom. The van der Waals surface area contributed by atoms with Gasteiger partial charge in [-0.05, 0) is 55.2 Å². The van der Waals surface area contributed by atoms with Gasteiger partial charge in [-0.2, -0.15) is 8.42 Å². The molecule has 0 atom stereocenters. The maximum Gasteiger partial charge on any atom is 0.294 e. The van der Waals surface area contributed by atoms with E-state index in [1.807, 2.05) is 31.2 Å². The minimum atomic E-state index is -4.11. The Morgan fingerprint density at radius 1 is 1.10 bits per heavy atom. The lowest BCUT2D eigenvalue weighted by Crippen LogP contribution is -2.01. The molecule has 21 heavy (non-hydrogen) atoms. The number of hydrogen-bond donors (Lipinski definition) is 1. The molecule has 4 nitrogen and oxygen atoms in total. The average Bonchev–Trinajstić information content (AvgIpc) is 2.43. The Hall–Kier alpha value is -1.85. The van der Waals surface area contributed by atoms with Crippen LogP contribution < -0.4 is 4.74 Å². The van der Waals surface area contributed by atoms with E-state index in [1.54, 1.807) is 12.1 Å². The topological polar surface area (TPSA) is 63.6 Å². The summed E-state index contributed by atoms with van der Waals surface area (Å²) in [5.41, 5.74) is 2.17. The predicted molar refractivity (Wildman–Crippen MR) is 81.3 cm³/mol. The molecular weight excluding hydrogens is 288 g/mol. The third kappa shape index (κ3) is 4.88. The fraction of sp³-hybridized carbons (Fsp3) is 0.250. The van der Waals surface area contributed by atoms with Crippen molar-refractivity contribution in [3.63, 3.8) is 0 Å². The lowest BCUT2D eigenvalue weighted by molar-refractivity contribution is 0.311. The quantitative estimate of drug-likeness (QED) is 0.657. The maximum atomic E-state index is 10.9. The molecule has 0 spiro atoms. The molecule has 112 valence electrons. The van der Waals surface area contributed by atoms with Gasteiger partial charge in [0.2, 0.25) is 0 Å². The van der Waals surface area contributed by atoms with Crippen molar-refractivity contribution in [2.75, 3.05) is 6.61 Å². The van der Waals surface area contributed by atoms with Crippen LogP contribution in [0.5, 0.6) is 5.75 Å². The first-order valence-electron chi connectivity index (χ1n) is 6.71. The minimum absolute atomic E-state index is 0.0812. The fourth-order valence-electron chi connectivity index (χ4n) is 2.00. The van der Waals surface area contributed by atoms with Gasteiger partial charge < -0.3 is 4.74 Å². The van der Waals surface area contributed by atoms with Gasteiger partial charge in [0.05, 0.1) is 11.5 Å². The van der Waals surface area contributed by atoms with Gasteiger partial charge in [0, 0.05) is 0 Å². The largest absolute Gasteiger partial charge is 0.494 e. The summed E-state index contributed by atoms with van der Waals surface area (Å²) in [6.07, 6.45) is 1.62. The Kier molecular flexibility index (Phi) is 4.98. The van der Waals surface area contributed by atoms with Crippen LogP contribution in [0.3, 0.4) is 0 Å². The number of rotatable bonds is 6. The second kappa shape index (κ2) is 6.74. The zero-order valence-corrected chi connectivity index (χ0v) is 12.6. The molecule has 2 aromatic rings. The Bertz CT molecular complexity index is 690.